The van der Waals surface area contributed by atoms with Crippen LogP contribution in [-0.4, -0.2) is 21.2 Å². The highest BCUT2D eigenvalue weighted by molar-refractivity contribution is 6.07. The van der Waals surface area contributed by atoms with Gasteiger partial charge in [-0.1, -0.05) is 52.8 Å². The lowest BCUT2D eigenvalue weighted by molar-refractivity contribution is 0.102. The number of carbonyl (C=O) groups excluding carboxylic acids is 1. The van der Waals surface area contributed by atoms with E-state index in [4.69, 9.17) is 9.05 Å². The highest BCUT2D eigenvalue weighted by atomic mass is 16.5. The predicted molar refractivity (Wildman–Crippen MR) is 94.4 cm³/mol. The van der Waals surface area contributed by atoms with Crippen LogP contribution < -0.4 is 5.32 Å². The van der Waals surface area contributed by atoms with Crippen LogP contribution in [0.4, 0.5) is 5.82 Å². The maximum atomic E-state index is 12.6. The first-order chi connectivity index (χ1) is 12.7. The first-order valence-electron chi connectivity index (χ1n) is 7.94. The molecule has 128 valence electrons. The van der Waals surface area contributed by atoms with E-state index in [1.807, 2.05) is 30.3 Å². The van der Waals surface area contributed by atoms with E-state index in [2.05, 4.69) is 20.6 Å². The molecule has 0 fully saturated rings. The fourth-order valence-electron chi connectivity index (χ4n) is 2.51. The lowest BCUT2D eigenvalue weighted by atomic mass is 10.1. The Morgan fingerprint density at radius 3 is 2.50 bits per heavy atom. The topological polar surface area (TPSA) is 94.1 Å². The fraction of sp³-hybridized carbons (Fsp3) is 0.0526. The van der Waals surface area contributed by atoms with Gasteiger partial charge in [0.15, 0.2) is 5.82 Å². The maximum Gasteiger partial charge on any atom is 0.259 e. The average molecular weight is 346 g/mol. The van der Waals surface area contributed by atoms with Crippen LogP contribution in [0.25, 0.3) is 22.8 Å². The van der Waals surface area contributed by atoms with Crippen molar-refractivity contribution in [2.75, 3.05) is 5.32 Å². The van der Waals surface area contributed by atoms with Crippen LogP contribution in [0.3, 0.4) is 0 Å². The summed E-state index contributed by atoms with van der Waals surface area (Å²) in [5.41, 5.74) is 1.78. The summed E-state index contributed by atoms with van der Waals surface area (Å²) in [4.78, 5) is 17.0. The minimum Gasteiger partial charge on any atom is -0.360 e. The molecule has 1 amide bonds. The molecule has 2 heterocycles. The standard InChI is InChI=1S/C19H14N4O3/c1-12-11-16(22-25-12)20-18(24)14-9-5-6-10-15(14)19-21-17(23-26-19)13-7-3-2-4-8-13/h2-11H,1H3,(H,20,22,24). The Kier molecular flexibility index (Phi) is 4.03. The zero-order valence-electron chi connectivity index (χ0n) is 13.8. The summed E-state index contributed by atoms with van der Waals surface area (Å²) in [5.74, 6) is 1.35. The van der Waals surface area contributed by atoms with Gasteiger partial charge >= 0.3 is 0 Å². The summed E-state index contributed by atoms with van der Waals surface area (Å²) in [6.45, 7) is 1.75. The number of amides is 1. The Morgan fingerprint density at radius 1 is 0.962 bits per heavy atom. The van der Waals surface area contributed by atoms with E-state index in [1.54, 1.807) is 37.3 Å². The van der Waals surface area contributed by atoms with Crippen molar-refractivity contribution in [3.8, 4) is 22.8 Å². The van der Waals surface area contributed by atoms with E-state index in [1.165, 1.54) is 0 Å². The molecule has 1 N–H and O–H groups in total. The van der Waals surface area contributed by atoms with E-state index >= 15 is 0 Å². The lowest BCUT2D eigenvalue weighted by Crippen LogP contribution is -2.13. The first-order valence-corrected chi connectivity index (χ1v) is 7.94. The second-order valence-corrected chi connectivity index (χ2v) is 5.61. The summed E-state index contributed by atoms with van der Waals surface area (Å²) in [7, 11) is 0. The third kappa shape index (κ3) is 3.10. The van der Waals surface area contributed by atoms with Gasteiger partial charge in [-0.3, -0.25) is 4.79 Å². The summed E-state index contributed by atoms with van der Waals surface area (Å²) >= 11 is 0. The van der Waals surface area contributed by atoms with Crippen molar-refractivity contribution in [3.05, 3.63) is 72.0 Å². The van der Waals surface area contributed by atoms with E-state index < -0.39 is 0 Å². The molecule has 0 saturated heterocycles. The van der Waals surface area contributed by atoms with Crippen LogP contribution in [0.2, 0.25) is 0 Å². The van der Waals surface area contributed by atoms with Crippen LogP contribution in [0.1, 0.15) is 16.1 Å². The number of nitrogens with zero attached hydrogens (tertiary/aromatic N) is 3. The van der Waals surface area contributed by atoms with Gasteiger partial charge < -0.3 is 14.4 Å². The predicted octanol–water partition coefficient (Wildman–Crippen LogP) is 3.95. The quantitative estimate of drug-likeness (QED) is 0.601. The molecule has 0 spiro atoms. The van der Waals surface area contributed by atoms with Crippen LogP contribution in [0, 0.1) is 6.92 Å². The number of carbonyl (C=O) groups is 1. The average Bonchev–Trinajstić information content (AvgIpc) is 3.32. The molecule has 0 radical (unpaired) electrons. The fourth-order valence-corrected chi connectivity index (χ4v) is 2.51. The van der Waals surface area contributed by atoms with E-state index in [0.717, 1.165) is 5.56 Å². The van der Waals surface area contributed by atoms with E-state index in [0.29, 0.717) is 28.5 Å². The molecular weight excluding hydrogens is 332 g/mol. The second kappa shape index (κ2) is 6.64. The van der Waals surface area contributed by atoms with Crippen molar-refractivity contribution in [2.45, 2.75) is 6.92 Å². The maximum absolute atomic E-state index is 12.6. The number of nitrogens with one attached hydrogen (secondary N) is 1. The Morgan fingerprint density at radius 2 is 1.73 bits per heavy atom. The van der Waals surface area contributed by atoms with Crippen molar-refractivity contribution in [2.24, 2.45) is 0 Å². The Hall–Kier alpha value is -3.74. The van der Waals surface area contributed by atoms with Crippen molar-refractivity contribution >= 4 is 11.7 Å². The van der Waals surface area contributed by atoms with E-state index in [9.17, 15) is 4.79 Å². The molecular formula is C19H14N4O3. The second-order valence-electron chi connectivity index (χ2n) is 5.61. The van der Waals surface area contributed by atoms with Gasteiger partial charge in [0, 0.05) is 11.6 Å². The van der Waals surface area contributed by atoms with Gasteiger partial charge in [-0.25, -0.2) is 0 Å². The Labute approximate surface area is 148 Å². The highest BCUT2D eigenvalue weighted by Crippen LogP contribution is 2.25. The third-order valence-corrected chi connectivity index (χ3v) is 3.73. The van der Waals surface area contributed by atoms with Crippen molar-refractivity contribution in [1.82, 2.24) is 15.3 Å². The van der Waals surface area contributed by atoms with Gasteiger partial charge in [-0.15, -0.1) is 0 Å². The zero-order valence-corrected chi connectivity index (χ0v) is 13.8. The molecule has 0 aliphatic carbocycles. The van der Waals surface area contributed by atoms with Gasteiger partial charge in [0.05, 0.1) is 11.1 Å². The summed E-state index contributed by atoms with van der Waals surface area (Å²) in [6, 6.07) is 18.1. The molecule has 0 saturated carbocycles. The zero-order chi connectivity index (χ0) is 17.9. The molecule has 0 unspecified atom stereocenters. The molecule has 26 heavy (non-hydrogen) atoms. The number of benzene rings is 2. The number of rotatable bonds is 4. The minimum absolute atomic E-state index is 0.269. The SMILES string of the molecule is Cc1cc(NC(=O)c2ccccc2-c2nc(-c3ccccc3)no2)no1. The number of anilines is 1. The minimum atomic E-state index is -0.339. The number of aryl methyl sites for hydroxylation is 1. The molecule has 7 nitrogen and oxygen atoms in total. The number of hydrogen-bond acceptors (Lipinski definition) is 6. The first kappa shape index (κ1) is 15.8. The Bertz CT molecular complexity index is 1050. The molecule has 2 aromatic carbocycles. The van der Waals surface area contributed by atoms with Gasteiger partial charge in [-0.2, -0.15) is 4.98 Å². The monoisotopic (exact) mass is 346 g/mol. The molecule has 2 aromatic heterocycles. The van der Waals surface area contributed by atoms with Gasteiger partial charge in [-0.05, 0) is 19.1 Å². The van der Waals surface area contributed by atoms with Crippen molar-refractivity contribution in [3.63, 3.8) is 0 Å². The summed E-state index contributed by atoms with van der Waals surface area (Å²) < 4.78 is 10.3. The van der Waals surface area contributed by atoms with Crippen molar-refractivity contribution < 1.29 is 13.8 Å². The molecule has 7 heteroatoms. The Balaban J connectivity index is 1.66. The molecule has 0 bridgehead atoms. The van der Waals surface area contributed by atoms with Crippen LogP contribution in [-0.2, 0) is 0 Å². The number of hydrogen-bond donors (Lipinski definition) is 1. The van der Waals surface area contributed by atoms with Crippen molar-refractivity contribution in [1.29, 1.82) is 0 Å². The summed E-state index contributed by atoms with van der Waals surface area (Å²) in [6.07, 6.45) is 0. The van der Waals surface area contributed by atoms with Gasteiger partial charge in [0.1, 0.15) is 5.76 Å². The molecule has 0 aliphatic rings. The smallest absolute Gasteiger partial charge is 0.259 e. The van der Waals surface area contributed by atoms with Gasteiger partial charge in [0.2, 0.25) is 5.82 Å². The third-order valence-electron chi connectivity index (χ3n) is 3.73. The largest absolute Gasteiger partial charge is 0.360 e. The lowest BCUT2D eigenvalue weighted by Gasteiger charge is -2.05. The molecule has 0 aliphatic heterocycles. The van der Waals surface area contributed by atoms with E-state index in [-0.39, 0.29) is 11.8 Å². The number of aromatic nitrogens is 3. The van der Waals surface area contributed by atoms with Crippen LogP contribution in [0.5, 0.6) is 0 Å². The summed E-state index contributed by atoms with van der Waals surface area (Å²) in [5, 5.41) is 10.5. The molecule has 0 atom stereocenters. The van der Waals surface area contributed by atoms with Crippen LogP contribution in [0.15, 0.2) is 69.7 Å². The normalized spacial score (nSPS) is 10.7. The molecule has 4 rings (SSSR count). The highest BCUT2D eigenvalue weighted by Gasteiger charge is 2.19. The van der Waals surface area contributed by atoms with Crippen LogP contribution >= 0.6 is 0 Å². The van der Waals surface area contributed by atoms with Gasteiger partial charge in [0.25, 0.3) is 11.8 Å². The molecule has 4 aromatic rings.